The highest BCUT2D eigenvalue weighted by atomic mass is 19.4. The molecule has 0 saturated heterocycles. The predicted octanol–water partition coefficient (Wildman–Crippen LogP) is 2.45. The molecule has 0 aliphatic heterocycles. The predicted molar refractivity (Wildman–Crippen MR) is 55.7 cm³/mol. The number of aromatic carboxylic acids is 1. The van der Waals surface area contributed by atoms with Crippen molar-refractivity contribution in [3.63, 3.8) is 0 Å². The molecule has 0 aromatic heterocycles. The van der Waals surface area contributed by atoms with Gasteiger partial charge in [0, 0.05) is 5.69 Å². The van der Waals surface area contributed by atoms with E-state index in [2.05, 4.69) is 11.2 Å². The van der Waals surface area contributed by atoms with Crippen molar-refractivity contribution in [1.82, 2.24) is 0 Å². The molecule has 0 unspecified atom stereocenters. The minimum Gasteiger partial charge on any atom is -0.478 e. The van der Waals surface area contributed by atoms with Gasteiger partial charge < -0.3 is 10.4 Å². The van der Waals surface area contributed by atoms with Crippen molar-refractivity contribution in [2.45, 2.75) is 6.18 Å². The van der Waals surface area contributed by atoms with Crippen molar-refractivity contribution in [3.05, 3.63) is 29.3 Å². The van der Waals surface area contributed by atoms with Gasteiger partial charge in [0.1, 0.15) is 0 Å². The van der Waals surface area contributed by atoms with Gasteiger partial charge >= 0.3 is 12.1 Å². The molecule has 0 aliphatic carbocycles. The van der Waals surface area contributed by atoms with Crippen LogP contribution in [0.2, 0.25) is 0 Å². The van der Waals surface area contributed by atoms with Gasteiger partial charge in [0.25, 0.3) is 0 Å². The van der Waals surface area contributed by atoms with Crippen LogP contribution in [0, 0.1) is 12.3 Å². The van der Waals surface area contributed by atoms with Gasteiger partial charge in [0.2, 0.25) is 0 Å². The molecule has 6 heteroatoms. The van der Waals surface area contributed by atoms with Crippen molar-refractivity contribution in [2.75, 3.05) is 11.9 Å². The summed E-state index contributed by atoms with van der Waals surface area (Å²) in [6.07, 6.45) is 0.268. The van der Waals surface area contributed by atoms with E-state index < -0.39 is 23.3 Å². The molecule has 0 fully saturated rings. The molecule has 1 aromatic rings. The minimum absolute atomic E-state index is 0.102. The number of rotatable bonds is 3. The molecule has 0 bridgehead atoms. The van der Waals surface area contributed by atoms with Gasteiger partial charge in [-0.3, -0.25) is 0 Å². The number of anilines is 1. The van der Waals surface area contributed by atoms with Gasteiger partial charge in [-0.25, -0.2) is 4.79 Å². The second-order valence-electron chi connectivity index (χ2n) is 3.12. The summed E-state index contributed by atoms with van der Waals surface area (Å²) in [4.78, 5) is 10.7. The van der Waals surface area contributed by atoms with Crippen LogP contribution in [0.4, 0.5) is 18.9 Å². The number of carboxylic acids is 1. The van der Waals surface area contributed by atoms with Crippen LogP contribution in [0.15, 0.2) is 18.2 Å². The van der Waals surface area contributed by atoms with Crippen molar-refractivity contribution >= 4 is 11.7 Å². The van der Waals surface area contributed by atoms with E-state index in [9.17, 15) is 18.0 Å². The molecule has 0 spiro atoms. The van der Waals surface area contributed by atoms with Crippen LogP contribution in [-0.4, -0.2) is 17.6 Å². The summed E-state index contributed by atoms with van der Waals surface area (Å²) in [5.74, 6) is 0.592. The summed E-state index contributed by atoms with van der Waals surface area (Å²) in [5.41, 5.74) is -1.76. The molecule has 17 heavy (non-hydrogen) atoms. The minimum atomic E-state index is -4.70. The summed E-state index contributed by atoms with van der Waals surface area (Å²) < 4.78 is 37.4. The van der Waals surface area contributed by atoms with E-state index in [-0.39, 0.29) is 12.2 Å². The Morgan fingerprint density at radius 3 is 2.59 bits per heavy atom. The normalized spacial score (nSPS) is 10.7. The fourth-order valence-corrected chi connectivity index (χ4v) is 1.23. The van der Waals surface area contributed by atoms with Crippen LogP contribution >= 0.6 is 0 Å². The molecule has 2 N–H and O–H groups in total. The number of alkyl halides is 3. The zero-order valence-corrected chi connectivity index (χ0v) is 8.51. The maximum absolute atomic E-state index is 12.5. The number of halogens is 3. The first-order valence-electron chi connectivity index (χ1n) is 4.48. The largest absolute Gasteiger partial charge is 0.478 e. The van der Waals surface area contributed by atoms with Crippen LogP contribution < -0.4 is 5.32 Å². The molecule has 0 amide bonds. The lowest BCUT2D eigenvalue weighted by atomic mass is 10.1. The Kier molecular flexibility index (Phi) is 3.63. The third-order valence-corrected chi connectivity index (χ3v) is 1.95. The van der Waals surface area contributed by atoms with Crippen LogP contribution in [0.5, 0.6) is 0 Å². The summed E-state index contributed by atoms with van der Waals surface area (Å²) in [6.45, 7) is 0.102. The Balaban J connectivity index is 3.19. The van der Waals surface area contributed by atoms with Crippen LogP contribution in [0.1, 0.15) is 15.9 Å². The third-order valence-electron chi connectivity index (χ3n) is 1.95. The molecule has 0 saturated carbocycles. The summed E-state index contributed by atoms with van der Waals surface area (Å²) >= 11 is 0. The Morgan fingerprint density at radius 1 is 1.47 bits per heavy atom. The van der Waals surface area contributed by atoms with Crippen LogP contribution in [0.3, 0.4) is 0 Å². The second-order valence-corrected chi connectivity index (χ2v) is 3.12. The molecular formula is C11H8F3NO2. The number of hydrogen-bond donors (Lipinski definition) is 2. The smallest absolute Gasteiger partial charge is 0.417 e. The lowest BCUT2D eigenvalue weighted by Crippen LogP contribution is -2.13. The molecular weight excluding hydrogens is 235 g/mol. The van der Waals surface area contributed by atoms with Gasteiger partial charge in [-0.2, -0.15) is 13.2 Å². The zero-order chi connectivity index (χ0) is 13.1. The van der Waals surface area contributed by atoms with Crippen molar-refractivity contribution in [2.24, 2.45) is 0 Å². The summed E-state index contributed by atoms with van der Waals surface area (Å²) in [5, 5.41) is 11.3. The van der Waals surface area contributed by atoms with Gasteiger partial charge in [-0.1, -0.05) is 5.92 Å². The Morgan fingerprint density at radius 2 is 2.12 bits per heavy atom. The van der Waals surface area contributed by atoms with E-state index in [1.54, 1.807) is 0 Å². The third kappa shape index (κ3) is 3.14. The average molecular weight is 243 g/mol. The average Bonchev–Trinajstić information content (AvgIpc) is 2.24. The fraction of sp³-hybridized carbons (Fsp3) is 0.182. The van der Waals surface area contributed by atoms with Crippen LogP contribution in [0.25, 0.3) is 0 Å². The number of hydrogen-bond acceptors (Lipinski definition) is 2. The molecule has 90 valence electrons. The number of carboxylic acid groups (broad SMARTS) is 1. The van der Waals surface area contributed by atoms with Crippen molar-refractivity contribution < 1.29 is 23.1 Å². The highest BCUT2D eigenvalue weighted by Gasteiger charge is 2.35. The van der Waals surface area contributed by atoms with Crippen molar-refractivity contribution in [3.8, 4) is 12.3 Å². The topological polar surface area (TPSA) is 49.3 Å². The van der Waals surface area contributed by atoms with E-state index in [1.807, 2.05) is 0 Å². The number of terminal acetylenes is 1. The fourth-order valence-electron chi connectivity index (χ4n) is 1.23. The number of carbonyl (C=O) groups is 1. The van der Waals surface area contributed by atoms with E-state index in [1.165, 1.54) is 0 Å². The molecule has 3 nitrogen and oxygen atoms in total. The molecule has 0 heterocycles. The number of benzene rings is 1. The quantitative estimate of drug-likeness (QED) is 0.801. The van der Waals surface area contributed by atoms with E-state index in [0.717, 1.165) is 12.1 Å². The SMILES string of the molecule is C#CCNc1ccc(C(F)(F)F)c(C(=O)O)c1. The first-order valence-corrected chi connectivity index (χ1v) is 4.48. The second kappa shape index (κ2) is 4.78. The maximum Gasteiger partial charge on any atom is 0.417 e. The molecule has 1 rings (SSSR count). The van der Waals surface area contributed by atoms with E-state index in [0.29, 0.717) is 6.07 Å². The highest BCUT2D eigenvalue weighted by Crippen LogP contribution is 2.33. The molecule has 0 atom stereocenters. The van der Waals surface area contributed by atoms with Gasteiger partial charge in [0.05, 0.1) is 17.7 Å². The Labute approximate surface area is 95.3 Å². The summed E-state index contributed by atoms with van der Waals surface area (Å²) in [7, 11) is 0. The molecule has 1 aromatic carbocycles. The molecule has 0 radical (unpaired) electrons. The van der Waals surface area contributed by atoms with Gasteiger partial charge in [-0.15, -0.1) is 6.42 Å². The molecule has 0 aliphatic rings. The number of nitrogens with one attached hydrogen (secondary N) is 1. The zero-order valence-electron chi connectivity index (χ0n) is 8.51. The monoisotopic (exact) mass is 243 g/mol. The summed E-state index contributed by atoms with van der Waals surface area (Å²) in [6, 6.07) is 2.75. The van der Waals surface area contributed by atoms with Gasteiger partial charge in [-0.05, 0) is 18.2 Å². The van der Waals surface area contributed by atoms with Crippen LogP contribution in [-0.2, 0) is 6.18 Å². The lowest BCUT2D eigenvalue weighted by Gasteiger charge is -2.12. The van der Waals surface area contributed by atoms with Gasteiger partial charge in [0.15, 0.2) is 0 Å². The Bertz CT molecular complexity index is 475. The van der Waals surface area contributed by atoms with E-state index in [4.69, 9.17) is 11.5 Å². The maximum atomic E-state index is 12.5. The first-order chi connectivity index (χ1) is 7.86. The lowest BCUT2D eigenvalue weighted by molar-refractivity contribution is -0.138. The Hall–Kier alpha value is -2.16. The highest BCUT2D eigenvalue weighted by molar-refractivity contribution is 5.91. The first kappa shape index (κ1) is 12.9. The van der Waals surface area contributed by atoms with Crippen molar-refractivity contribution in [1.29, 1.82) is 0 Å². The standard InChI is InChI=1S/C11H8F3NO2/c1-2-5-15-7-3-4-9(11(12,13)14)8(6-7)10(16)17/h1,3-4,6,15H,5H2,(H,16,17). The van der Waals surface area contributed by atoms with E-state index >= 15 is 0 Å².